The van der Waals surface area contributed by atoms with Crippen LogP contribution < -0.4 is 5.32 Å². The Morgan fingerprint density at radius 1 is 1.30 bits per heavy atom. The maximum atomic E-state index is 4.71. The van der Waals surface area contributed by atoms with E-state index < -0.39 is 0 Å². The van der Waals surface area contributed by atoms with E-state index in [-0.39, 0.29) is 0 Å². The molecule has 0 saturated carbocycles. The molecule has 108 valence electrons. The highest BCUT2D eigenvalue weighted by molar-refractivity contribution is 7.98. The SMILES string of the molecule is CCCNC(C)c1sc(CSc2ccccc2)nc1C. The normalized spacial score (nSPS) is 12.6. The van der Waals surface area contributed by atoms with E-state index in [0.29, 0.717) is 6.04 Å². The number of hydrogen-bond acceptors (Lipinski definition) is 4. The van der Waals surface area contributed by atoms with Crippen LogP contribution >= 0.6 is 23.1 Å². The number of aromatic nitrogens is 1. The monoisotopic (exact) mass is 306 g/mol. The number of rotatable bonds is 7. The Kier molecular flexibility index (Phi) is 6.07. The summed E-state index contributed by atoms with van der Waals surface area (Å²) >= 11 is 3.70. The molecular formula is C16H22N2S2. The van der Waals surface area contributed by atoms with E-state index in [2.05, 4.69) is 56.4 Å². The van der Waals surface area contributed by atoms with Crippen molar-refractivity contribution in [3.8, 4) is 0 Å². The minimum absolute atomic E-state index is 0.405. The first-order valence-electron chi connectivity index (χ1n) is 7.08. The lowest BCUT2D eigenvalue weighted by atomic mass is 10.2. The lowest BCUT2D eigenvalue weighted by Gasteiger charge is -2.11. The molecule has 1 aromatic heterocycles. The van der Waals surface area contributed by atoms with Crippen molar-refractivity contribution in [3.05, 3.63) is 45.9 Å². The molecule has 0 saturated heterocycles. The van der Waals surface area contributed by atoms with Gasteiger partial charge in [0.05, 0.1) is 11.4 Å². The second kappa shape index (κ2) is 7.81. The summed E-state index contributed by atoms with van der Waals surface area (Å²) in [6, 6.07) is 10.9. The zero-order chi connectivity index (χ0) is 14.4. The third-order valence-corrected chi connectivity index (χ3v) is 5.62. The predicted molar refractivity (Wildman–Crippen MR) is 89.6 cm³/mol. The molecule has 0 radical (unpaired) electrons. The molecule has 0 amide bonds. The van der Waals surface area contributed by atoms with Gasteiger partial charge in [-0.05, 0) is 38.9 Å². The van der Waals surface area contributed by atoms with Gasteiger partial charge in [0.25, 0.3) is 0 Å². The van der Waals surface area contributed by atoms with Crippen molar-refractivity contribution in [1.82, 2.24) is 10.3 Å². The van der Waals surface area contributed by atoms with Crippen LogP contribution in [-0.4, -0.2) is 11.5 Å². The summed E-state index contributed by atoms with van der Waals surface area (Å²) in [5, 5.41) is 4.76. The van der Waals surface area contributed by atoms with Gasteiger partial charge < -0.3 is 5.32 Å². The second-order valence-corrected chi connectivity index (χ2v) is 7.00. The van der Waals surface area contributed by atoms with Crippen LogP contribution in [-0.2, 0) is 5.75 Å². The molecule has 1 heterocycles. The van der Waals surface area contributed by atoms with Crippen molar-refractivity contribution in [2.24, 2.45) is 0 Å². The van der Waals surface area contributed by atoms with Gasteiger partial charge >= 0.3 is 0 Å². The number of thioether (sulfide) groups is 1. The molecule has 4 heteroatoms. The fraction of sp³-hybridized carbons (Fsp3) is 0.438. The molecule has 2 nitrogen and oxygen atoms in total. The van der Waals surface area contributed by atoms with Crippen molar-refractivity contribution in [2.75, 3.05) is 6.54 Å². The quantitative estimate of drug-likeness (QED) is 0.743. The molecule has 20 heavy (non-hydrogen) atoms. The second-order valence-electron chi connectivity index (χ2n) is 4.83. The maximum absolute atomic E-state index is 4.71. The summed E-state index contributed by atoms with van der Waals surface area (Å²) < 4.78 is 0. The van der Waals surface area contributed by atoms with E-state index in [1.807, 2.05) is 23.1 Å². The van der Waals surface area contributed by atoms with Crippen LogP contribution in [0.1, 0.15) is 41.9 Å². The lowest BCUT2D eigenvalue weighted by molar-refractivity contribution is 0.575. The molecule has 1 atom stereocenters. The topological polar surface area (TPSA) is 24.9 Å². The molecule has 0 bridgehead atoms. The van der Waals surface area contributed by atoms with Crippen molar-refractivity contribution >= 4 is 23.1 Å². The Hall–Kier alpha value is -0.840. The Labute approximate surface area is 130 Å². The molecule has 0 aliphatic heterocycles. The van der Waals surface area contributed by atoms with Gasteiger partial charge in [-0.3, -0.25) is 0 Å². The number of aryl methyl sites for hydroxylation is 1. The summed E-state index contributed by atoms with van der Waals surface area (Å²) in [6.45, 7) is 7.60. The van der Waals surface area contributed by atoms with E-state index in [0.717, 1.165) is 12.3 Å². The lowest BCUT2D eigenvalue weighted by Crippen LogP contribution is -2.18. The first kappa shape index (κ1) is 15.5. The first-order valence-corrected chi connectivity index (χ1v) is 8.88. The van der Waals surface area contributed by atoms with Crippen LogP contribution in [0.5, 0.6) is 0 Å². The van der Waals surface area contributed by atoms with Gasteiger partial charge in [0.1, 0.15) is 5.01 Å². The third-order valence-electron chi connectivity index (χ3n) is 3.08. The molecular weight excluding hydrogens is 284 g/mol. The Morgan fingerprint density at radius 2 is 2.05 bits per heavy atom. The fourth-order valence-corrected chi connectivity index (χ4v) is 4.05. The minimum atomic E-state index is 0.405. The van der Waals surface area contributed by atoms with Crippen LogP contribution in [0.4, 0.5) is 0 Å². The van der Waals surface area contributed by atoms with E-state index in [4.69, 9.17) is 4.98 Å². The van der Waals surface area contributed by atoms with E-state index >= 15 is 0 Å². The van der Waals surface area contributed by atoms with Crippen LogP contribution in [0, 0.1) is 6.92 Å². The van der Waals surface area contributed by atoms with Crippen LogP contribution in [0.15, 0.2) is 35.2 Å². The summed E-state index contributed by atoms with van der Waals surface area (Å²) in [7, 11) is 0. The highest BCUT2D eigenvalue weighted by atomic mass is 32.2. The summed E-state index contributed by atoms with van der Waals surface area (Å²) in [5.41, 5.74) is 1.18. The van der Waals surface area contributed by atoms with Gasteiger partial charge in [0.2, 0.25) is 0 Å². The van der Waals surface area contributed by atoms with E-state index in [9.17, 15) is 0 Å². The first-order chi connectivity index (χ1) is 9.70. The van der Waals surface area contributed by atoms with Gasteiger partial charge in [-0.15, -0.1) is 23.1 Å². The average molecular weight is 307 g/mol. The molecule has 1 aromatic carbocycles. The predicted octanol–water partition coefficient (Wildman–Crippen LogP) is 4.80. The maximum Gasteiger partial charge on any atom is 0.103 e. The molecule has 2 aromatic rings. The van der Waals surface area contributed by atoms with Crippen molar-refractivity contribution in [1.29, 1.82) is 0 Å². The number of nitrogens with one attached hydrogen (secondary N) is 1. The van der Waals surface area contributed by atoms with Crippen LogP contribution in [0.25, 0.3) is 0 Å². The van der Waals surface area contributed by atoms with Gasteiger partial charge in [-0.25, -0.2) is 4.98 Å². The number of thiazole rings is 1. The van der Waals surface area contributed by atoms with Crippen molar-refractivity contribution < 1.29 is 0 Å². The molecule has 0 fully saturated rings. The smallest absolute Gasteiger partial charge is 0.103 e. The number of nitrogens with zero attached hydrogens (tertiary/aromatic N) is 1. The Bertz CT molecular complexity index is 523. The molecule has 0 aliphatic rings. The highest BCUT2D eigenvalue weighted by Crippen LogP contribution is 2.29. The largest absolute Gasteiger partial charge is 0.309 e. The highest BCUT2D eigenvalue weighted by Gasteiger charge is 2.13. The zero-order valence-electron chi connectivity index (χ0n) is 12.3. The molecule has 1 N–H and O–H groups in total. The van der Waals surface area contributed by atoms with Crippen molar-refractivity contribution in [3.63, 3.8) is 0 Å². The summed E-state index contributed by atoms with van der Waals surface area (Å²) in [6.07, 6.45) is 1.17. The van der Waals surface area contributed by atoms with Crippen LogP contribution in [0.3, 0.4) is 0 Å². The third kappa shape index (κ3) is 4.33. The number of hydrogen-bond donors (Lipinski definition) is 1. The zero-order valence-corrected chi connectivity index (χ0v) is 14.0. The summed E-state index contributed by atoms with van der Waals surface area (Å²) in [5.74, 6) is 0.954. The van der Waals surface area contributed by atoms with E-state index in [1.54, 1.807) is 0 Å². The Balaban J connectivity index is 1.96. The van der Waals surface area contributed by atoms with Crippen LogP contribution in [0.2, 0.25) is 0 Å². The fourth-order valence-electron chi connectivity index (χ4n) is 2.04. The average Bonchev–Trinajstić information content (AvgIpc) is 2.85. The van der Waals surface area contributed by atoms with Gasteiger partial charge in [-0.2, -0.15) is 0 Å². The molecule has 0 aliphatic carbocycles. The molecule has 2 rings (SSSR count). The van der Waals surface area contributed by atoms with Gasteiger partial charge in [0, 0.05) is 15.8 Å². The number of benzene rings is 1. The Morgan fingerprint density at radius 3 is 2.75 bits per heavy atom. The van der Waals surface area contributed by atoms with E-state index in [1.165, 1.54) is 26.9 Å². The molecule has 0 spiro atoms. The van der Waals surface area contributed by atoms with Crippen molar-refractivity contribution in [2.45, 2.75) is 43.9 Å². The molecule has 1 unspecified atom stereocenters. The minimum Gasteiger partial charge on any atom is -0.309 e. The summed E-state index contributed by atoms with van der Waals surface area (Å²) in [4.78, 5) is 7.39. The standard InChI is InChI=1S/C16H22N2S2/c1-4-10-17-12(2)16-13(3)18-15(20-16)11-19-14-8-6-5-7-9-14/h5-9,12,17H,4,10-11H2,1-3H3. The van der Waals surface area contributed by atoms with Gasteiger partial charge in [-0.1, -0.05) is 25.1 Å². The van der Waals surface area contributed by atoms with Gasteiger partial charge in [0.15, 0.2) is 0 Å².